The molecule has 42 heavy (non-hydrogen) atoms. The van der Waals surface area contributed by atoms with Crippen LogP contribution in [0, 0.1) is 0 Å². The molecule has 0 saturated heterocycles. The molecule has 0 aliphatic heterocycles. The standard InChI is InChI=1S/4C5H9NO2.2C2H6.2CH4.W.3Y/c4*1-4(7)6(3)5(2)8;2*1-2;;;;;;/h4*1-3H3;2*1-2H3;2*1H4;;;;. The zero-order valence-corrected chi connectivity index (χ0v) is 38.6. The van der Waals surface area contributed by atoms with Crippen molar-refractivity contribution in [2.45, 2.75) is 97.9 Å². The second kappa shape index (κ2) is 51.2. The Labute approximate surface area is 346 Å². The van der Waals surface area contributed by atoms with Gasteiger partial charge in [0.1, 0.15) is 0 Å². The monoisotopic (exact) mass is 1000 g/mol. The molecule has 8 amide bonds. The van der Waals surface area contributed by atoms with E-state index >= 15 is 0 Å². The number of carbonyl (C=O) groups excluding carboxylic acids is 8. The van der Waals surface area contributed by atoms with Gasteiger partial charge >= 0.3 is 0 Å². The van der Waals surface area contributed by atoms with Crippen LogP contribution in [0.5, 0.6) is 0 Å². The van der Waals surface area contributed by atoms with Gasteiger partial charge in [0, 0.05) is 203 Å². The Morgan fingerprint density at radius 2 is 0.357 bits per heavy atom. The Morgan fingerprint density at radius 3 is 0.357 bits per heavy atom. The molecule has 0 fully saturated rings. The SMILES string of the molecule is C.C.CC.CC.CC(=O)N(C)C(C)=O.CC(=O)N(C)C(C)=O.CC(=O)N(C)C(C)=O.CC(=O)N(C)C(C)=O.[W].[Y].[Y].[Y]. The Kier molecular flexibility index (Phi) is 95.9. The van der Waals surface area contributed by atoms with Crippen molar-refractivity contribution in [1.82, 2.24) is 19.6 Å². The summed E-state index contributed by atoms with van der Waals surface area (Å²) in [6.07, 6.45) is 0. The molecule has 0 heterocycles. The van der Waals surface area contributed by atoms with E-state index in [1.807, 2.05) is 27.7 Å². The molecule has 0 aromatic heterocycles. The maximum atomic E-state index is 10.3. The zero-order valence-electron chi connectivity index (χ0n) is 27.2. The van der Waals surface area contributed by atoms with E-state index in [-0.39, 0.29) is 181 Å². The van der Waals surface area contributed by atoms with Crippen LogP contribution in [0.4, 0.5) is 0 Å². The molecule has 16 heteroatoms. The van der Waals surface area contributed by atoms with E-state index in [1.165, 1.54) is 83.6 Å². The fraction of sp³-hybridized carbons (Fsp3) is 0.692. The number of rotatable bonds is 0. The van der Waals surface area contributed by atoms with Crippen LogP contribution in [0.2, 0.25) is 0 Å². The number of amides is 8. The molecular formula is C26H56N4O8WY3. The van der Waals surface area contributed by atoms with Crippen LogP contribution in [-0.2, 0) is 158 Å². The molecule has 0 N–H and O–H groups in total. The molecule has 0 aromatic rings. The smallest absolute Gasteiger partial charge is 0.225 e. The second-order valence-electron chi connectivity index (χ2n) is 6.39. The molecule has 0 aliphatic carbocycles. The van der Waals surface area contributed by atoms with Crippen LogP contribution in [0.3, 0.4) is 0 Å². The molecule has 3 radical (unpaired) electrons. The van der Waals surface area contributed by atoms with E-state index in [0.717, 1.165) is 19.6 Å². The third-order valence-electron chi connectivity index (χ3n) is 3.78. The molecule has 243 valence electrons. The van der Waals surface area contributed by atoms with Crippen LogP contribution in [-0.4, -0.2) is 95.0 Å². The number of hydrogen-bond donors (Lipinski definition) is 0. The summed E-state index contributed by atoms with van der Waals surface area (Å²) in [6, 6.07) is 0. The average Bonchev–Trinajstić information content (AvgIpc) is 2.80. The fourth-order valence-corrected chi connectivity index (χ4v) is 0.887. The first kappa shape index (κ1) is 78.7. The van der Waals surface area contributed by atoms with E-state index in [0.29, 0.717) is 0 Å². The van der Waals surface area contributed by atoms with Crippen molar-refractivity contribution in [2.24, 2.45) is 0 Å². The average molecular weight is 1000 g/mol. The van der Waals surface area contributed by atoms with Gasteiger partial charge in [-0.2, -0.15) is 0 Å². The molecule has 0 saturated carbocycles. The minimum absolute atomic E-state index is 0. The number of hydrogen-bond acceptors (Lipinski definition) is 8. The van der Waals surface area contributed by atoms with Crippen LogP contribution >= 0.6 is 0 Å². The van der Waals surface area contributed by atoms with Gasteiger partial charge in [-0.1, -0.05) is 42.5 Å². The predicted molar refractivity (Wildman–Crippen MR) is 153 cm³/mol. The van der Waals surface area contributed by atoms with Crippen molar-refractivity contribution >= 4 is 47.3 Å². The first-order chi connectivity index (χ1) is 16.2. The van der Waals surface area contributed by atoms with E-state index in [1.54, 1.807) is 0 Å². The number of nitrogens with zero attached hydrogens (tertiary/aromatic N) is 4. The normalized spacial score (nSPS) is 6.67. The summed E-state index contributed by atoms with van der Waals surface area (Å²) < 4.78 is 0. The Balaban J connectivity index is -0.0000000262. The molecule has 0 unspecified atom stereocenters. The maximum Gasteiger partial charge on any atom is 0.225 e. The van der Waals surface area contributed by atoms with Crippen molar-refractivity contribution in [3.8, 4) is 0 Å². The Hall–Kier alpha value is 0.560. The van der Waals surface area contributed by atoms with Crippen molar-refractivity contribution in [3.05, 3.63) is 0 Å². The quantitative estimate of drug-likeness (QED) is 0.359. The summed E-state index contributed by atoms with van der Waals surface area (Å²) in [4.78, 5) is 86.5. The largest absolute Gasteiger partial charge is 0.286 e. The minimum Gasteiger partial charge on any atom is -0.286 e. The van der Waals surface area contributed by atoms with Crippen LogP contribution < -0.4 is 0 Å². The van der Waals surface area contributed by atoms with Gasteiger partial charge in [0.05, 0.1) is 0 Å². The second-order valence-corrected chi connectivity index (χ2v) is 6.39. The van der Waals surface area contributed by atoms with Gasteiger partial charge in [0.25, 0.3) is 0 Å². The maximum absolute atomic E-state index is 10.3. The fourth-order valence-electron chi connectivity index (χ4n) is 0.887. The summed E-state index contributed by atoms with van der Waals surface area (Å²) >= 11 is 0. The van der Waals surface area contributed by atoms with E-state index < -0.39 is 0 Å². The molecule has 12 nitrogen and oxygen atoms in total. The van der Waals surface area contributed by atoms with E-state index in [2.05, 4.69) is 0 Å². The van der Waals surface area contributed by atoms with Crippen LogP contribution in [0.15, 0.2) is 0 Å². The Morgan fingerprint density at radius 1 is 0.310 bits per heavy atom. The molecular weight excluding hydrogens is 947 g/mol. The summed E-state index contributed by atoms with van der Waals surface area (Å²) in [5, 5.41) is 0. The van der Waals surface area contributed by atoms with Gasteiger partial charge in [-0.25, -0.2) is 0 Å². The predicted octanol–water partition coefficient (Wildman–Crippen LogP) is 3.36. The van der Waals surface area contributed by atoms with Crippen molar-refractivity contribution in [1.29, 1.82) is 0 Å². The van der Waals surface area contributed by atoms with Gasteiger partial charge in [0.15, 0.2) is 0 Å². The first-order valence-corrected chi connectivity index (χ1v) is 11.2. The molecule has 0 spiro atoms. The van der Waals surface area contributed by atoms with Gasteiger partial charge in [-0.3, -0.25) is 58.0 Å². The topological polar surface area (TPSA) is 150 Å². The minimum atomic E-state index is -0.225. The van der Waals surface area contributed by atoms with Crippen molar-refractivity contribution in [2.75, 3.05) is 28.2 Å². The summed E-state index contributed by atoms with van der Waals surface area (Å²) in [5.41, 5.74) is 0. The molecule has 0 aromatic carbocycles. The summed E-state index contributed by atoms with van der Waals surface area (Å²) in [6.45, 7) is 18.8. The molecule has 0 rings (SSSR count). The third-order valence-corrected chi connectivity index (χ3v) is 3.78. The number of carbonyl (C=O) groups is 8. The zero-order chi connectivity index (χ0) is 30.9. The van der Waals surface area contributed by atoms with E-state index in [4.69, 9.17) is 0 Å². The first-order valence-electron chi connectivity index (χ1n) is 11.2. The van der Waals surface area contributed by atoms with Gasteiger partial charge in [-0.15, -0.1) is 0 Å². The van der Waals surface area contributed by atoms with Gasteiger partial charge in [-0.05, 0) is 0 Å². The van der Waals surface area contributed by atoms with Gasteiger partial charge in [0.2, 0.25) is 47.3 Å². The van der Waals surface area contributed by atoms with Crippen molar-refractivity contribution in [3.63, 3.8) is 0 Å². The number of imide groups is 4. The molecule has 0 bridgehead atoms. The van der Waals surface area contributed by atoms with E-state index in [9.17, 15) is 38.4 Å². The van der Waals surface area contributed by atoms with Crippen LogP contribution in [0.1, 0.15) is 97.9 Å². The van der Waals surface area contributed by atoms with Crippen molar-refractivity contribution < 1.29 is 158 Å². The molecule has 0 aliphatic rings. The van der Waals surface area contributed by atoms with Crippen LogP contribution in [0.25, 0.3) is 0 Å². The van der Waals surface area contributed by atoms with Gasteiger partial charge < -0.3 is 0 Å². The Bertz CT molecular complexity index is 568. The summed E-state index contributed by atoms with van der Waals surface area (Å²) in [5.74, 6) is -1.80. The molecule has 0 atom stereocenters. The summed E-state index contributed by atoms with van der Waals surface area (Å²) in [7, 11) is 5.80. The third kappa shape index (κ3) is 59.9.